The van der Waals surface area contributed by atoms with Gasteiger partial charge in [0, 0.05) is 62.5 Å². The number of aromatic nitrogens is 2. The molecule has 2 aromatic heterocycles. The summed E-state index contributed by atoms with van der Waals surface area (Å²) < 4.78 is 11.7. The van der Waals surface area contributed by atoms with Crippen molar-refractivity contribution >= 4 is 40.1 Å². The van der Waals surface area contributed by atoms with Gasteiger partial charge in [-0.1, -0.05) is 30.4 Å². The van der Waals surface area contributed by atoms with Crippen LogP contribution in [0.5, 0.6) is 5.75 Å². The number of nitriles is 1. The summed E-state index contributed by atoms with van der Waals surface area (Å²) in [5.74, 6) is 0.487. The van der Waals surface area contributed by atoms with Crippen LogP contribution in [-0.4, -0.2) is 81.1 Å². The summed E-state index contributed by atoms with van der Waals surface area (Å²) >= 11 is 7.26. The first-order valence-electron chi connectivity index (χ1n) is 17.3. The third-order valence-electron chi connectivity index (χ3n) is 9.92. The molecule has 2 unspecified atom stereocenters. The molecule has 3 aliphatic rings. The molecule has 1 aliphatic heterocycles. The van der Waals surface area contributed by atoms with E-state index in [0.29, 0.717) is 59.8 Å². The summed E-state index contributed by atoms with van der Waals surface area (Å²) in [6, 6.07) is 15.1. The molecule has 1 saturated heterocycles. The van der Waals surface area contributed by atoms with Crippen molar-refractivity contribution in [1.29, 1.82) is 5.26 Å². The second-order valence-corrected chi connectivity index (χ2v) is 14.7. The van der Waals surface area contributed by atoms with Crippen LogP contribution in [0.2, 0.25) is 0 Å². The van der Waals surface area contributed by atoms with E-state index >= 15 is 0 Å². The molecule has 52 heavy (non-hydrogen) atoms. The molecular formula is C39H40ClN7O5. The van der Waals surface area contributed by atoms with Crippen molar-refractivity contribution in [1.82, 2.24) is 30.8 Å². The van der Waals surface area contributed by atoms with Crippen molar-refractivity contribution in [2.24, 2.45) is 0 Å². The Morgan fingerprint density at radius 2 is 1.94 bits per heavy atom. The van der Waals surface area contributed by atoms with Crippen LogP contribution in [0.1, 0.15) is 59.4 Å². The number of ether oxygens (including phenoxy) is 1. The molecular weight excluding hydrogens is 682 g/mol. The van der Waals surface area contributed by atoms with Crippen LogP contribution in [0.25, 0.3) is 28.1 Å². The predicted octanol–water partition coefficient (Wildman–Crippen LogP) is 4.45. The Kier molecular flexibility index (Phi) is 9.87. The zero-order valence-corrected chi connectivity index (χ0v) is 29.9. The Labute approximate surface area is 306 Å². The second-order valence-electron chi connectivity index (χ2n) is 13.9. The summed E-state index contributed by atoms with van der Waals surface area (Å²) in [5.41, 5.74) is 5.70. The van der Waals surface area contributed by atoms with Gasteiger partial charge in [-0.3, -0.25) is 19.5 Å². The molecule has 268 valence electrons. The van der Waals surface area contributed by atoms with Crippen molar-refractivity contribution < 1.29 is 23.8 Å². The summed E-state index contributed by atoms with van der Waals surface area (Å²) in [7, 11) is 1.56. The lowest BCUT2D eigenvalue weighted by Crippen LogP contribution is -2.58. The number of oxazole rings is 1. The molecule has 2 fully saturated rings. The molecule has 0 radical (unpaired) electrons. The van der Waals surface area contributed by atoms with Crippen LogP contribution < -0.4 is 20.7 Å². The number of methoxy groups -OCH3 is 1. The van der Waals surface area contributed by atoms with E-state index in [-0.39, 0.29) is 29.8 Å². The highest BCUT2D eigenvalue weighted by atomic mass is 35.5. The van der Waals surface area contributed by atoms with Crippen LogP contribution in [0.3, 0.4) is 0 Å². The highest BCUT2D eigenvalue weighted by molar-refractivity contribution is 6.31. The fourth-order valence-electron chi connectivity index (χ4n) is 7.02. The van der Waals surface area contributed by atoms with E-state index in [0.717, 1.165) is 35.4 Å². The van der Waals surface area contributed by atoms with E-state index in [1.165, 1.54) is 6.92 Å². The monoisotopic (exact) mass is 721 g/mol. The first-order valence-corrected chi connectivity index (χ1v) is 17.7. The highest BCUT2D eigenvalue weighted by Gasteiger charge is 2.38. The predicted molar refractivity (Wildman–Crippen MR) is 196 cm³/mol. The number of fused-ring (bicyclic) bond motifs is 1. The first kappa shape index (κ1) is 35.3. The Balaban J connectivity index is 1.05. The van der Waals surface area contributed by atoms with Gasteiger partial charge in [-0.05, 0) is 60.7 Å². The second kappa shape index (κ2) is 14.5. The minimum absolute atomic E-state index is 0.0389. The van der Waals surface area contributed by atoms with Gasteiger partial charge in [0.25, 0.3) is 5.91 Å². The van der Waals surface area contributed by atoms with Crippen molar-refractivity contribution in [2.75, 3.05) is 20.2 Å². The van der Waals surface area contributed by atoms with Gasteiger partial charge in [-0.15, -0.1) is 11.6 Å². The molecule has 7 rings (SSSR count). The number of nitrogens with one attached hydrogen (secondary N) is 3. The van der Waals surface area contributed by atoms with Gasteiger partial charge >= 0.3 is 0 Å². The molecule has 4 aromatic rings. The van der Waals surface area contributed by atoms with Crippen molar-refractivity contribution in [3.63, 3.8) is 0 Å². The molecule has 4 N–H and O–H groups in total. The Hall–Kier alpha value is -5.06. The van der Waals surface area contributed by atoms with Crippen LogP contribution in [-0.2, 0) is 17.9 Å². The van der Waals surface area contributed by atoms with Crippen LogP contribution in [0.15, 0.2) is 71.3 Å². The number of hydrogen-bond donors (Lipinski definition) is 4. The smallest absolute Gasteiger partial charge is 0.270 e. The molecule has 0 bridgehead atoms. The number of benzene rings is 2. The number of likely N-dealkylation sites (tertiary alicyclic amines) is 1. The summed E-state index contributed by atoms with van der Waals surface area (Å²) in [5, 5.41) is 28.8. The maximum Gasteiger partial charge on any atom is 0.270 e. The number of allylic oxidation sites excluding steroid dienone is 2. The minimum atomic E-state index is -1.02. The Morgan fingerprint density at radius 3 is 2.67 bits per heavy atom. The maximum absolute atomic E-state index is 13.5. The zero-order valence-electron chi connectivity index (χ0n) is 29.1. The lowest BCUT2D eigenvalue weighted by molar-refractivity contribution is -0.120. The topological polar surface area (TPSA) is 166 Å². The summed E-state index contributed by atoms with van der Waals surface area (Å²) in [6.07, 6.45) is 8.46. The van der Waals surface area contributed by atoms with Gasteiger partial charge in [-0.2, -0.15) is 5.26 Å². The number of pyridine rings is 1. The SMILES string of the molecule is COc1cc(C(=O)NC2C=CC=C(c3cccc(-c4nc5cc(CN6CC(NC(C)=O)C6)cc(C#N)c5o4)c3)C2(C)Cl)ncc1CNC1CC(O)C1. The molecule has 2 amide bonds. The molecule has 2 aromatic carbocycles. The van der Waals surface area contributed by atoms with E-state index in [4.69, 9.17) is 25.7 Å². The van der Waals surface area contributed by atoms with Crippen molar-refractivity contribution in [2.45, 2.75) is 68.9 Å². The highest BCUT2D eigenvalue weighted by Crippen LogP contribution is 2.40. The number of hydrogen-bond acceptors (Lipinski definition) is 10. The number of halogens is 1. The van der Waals surface area contributed by atoms with Gasteiger partial charge in [0.2, 0.25) is 11.8 Å². The van der Waals surface area contributed by atoms with E-state index in [1.54, 1.807) is 19.4 Å². The van der Waals surface area contributed by atoms with Gasteiger partial charge < -0.3 is 30.2 Å². The molecule has 2 aliphatic carbocycles. The minimum Gasteiger partial charge on any atom is -0.496 e. The number of carbonyl (C=O) groups is 2. The molecule has 3 heterocycles. The van der Waals surface area contributed by atoms with E-state index in [1.807, 2.05) is 61.5 Å². The average Bonchev–Trinajstić information content (AvgIpc) is 3.53. The molecule has 12 nitrogen and oxygen atoms in total. The quantitative estimate of drug-likeness (QED) is 0.163. The number of alkyl halides is 1. The van der Waals surface area contributed by atoms with Gasteiger partial charge in [0.1, 0.15) is 23.0 Å². The van der Waals surface area contributed by atoms with Crippen LogP contribution in [0, 0.1) is 11.3 Å². The van der Waals surface area contributed by atoms with Gasteiger partial charge in [-0.25, -0.2) is 4.98 Å². The Bertz CT molecular complexity index is 2120. The normalized spacial score (nSPS) is 22.9. The molecule has 0 spiro atoms. The maximum atomic E-state index is 13.5. The Morgan fingerprint density at radius 1 is 1.15 bits per heavy atom. The fourth-order valence-corrected chi connectivity index (χ4v) is 7.32. The number of rotatable bonds is 11. The molecule has 2 atom stereocenters. The number of carbonyl (C=O) groups excluding carboxylic acids is 2. The van der Waals surface area contributed by atoms with E-state index in [2.05, 4.69) is 31.9 Å². The first-order chi connectivity index (χ1) is 25.0. The van der Waals surface area contributed by atoms with Crippen molar-refractivity contribution in [3.8, 4) is 23.3 Å². The van der Waals surface area contributed by atoms with E-state index in [9.17, 15) is 20.0 Å². The molecule has 13 heteroatoms. The number of aliphatic hydroxyl groups excluding tert-OH is 1. The third-order valence-corrected chi connectivity index (χ3v) is 10.4. The summed E-state index contributed by atoms with van der Waals surface area (Å²) in [4.78, 5) is 35.2. The number of amides is 2. The fraction of sp³-hybridized carbons (Fsp3) is 0.359. The van der Waals surface area contributed by atoms with Gasteiger partial charge in [0.05, 0.1) is 35.7 Å². The lowest BCUT2D eigenvalue weighted by atomic mass is 9.83. The number of aliphatic hydroxyl groups is 1. The largest absolute Gasteiger partial charge is 0.496 e. The third kappa shape index (κ3) is 7.31. The van der Waals surface area contributed by atoms with Crippen LogP contribution >= 0.6 is 11.6 Å². The van der Waals surface area contributed by atoms with Crippen molar-refractivity contribution in [3.05, 3.63) is 94.8 Å². The zero-order chi connectivity index (χ0) is 36.6. The summed E-state index contributed by atoms with van der Waals surface area (Å²) in [6.45, 7) is 6.01. The molecule has 1 saturated carbocycles. The van der Waals surface area contributed by atoms with Crippen LogP contribution in [0.4, 0.5) is 0 Å². The lowest BCUT2D eigenvalue weighted by Gasteiger charge is -2.39. The number of nitrogens with zero attached hydrogens (tertiary/aromatic N) is 4. The standard InChI is InChI=1S/C39H40ClN7O5/c1-22(48)44-29-20-47(21-29)19-23-10-26(16-41)36-32(11-23)45-38(52-36)25-7-4-6-24(12-25)31-8-5-9-35(39(31,2)40)46-37(50)33-15-34(51-3)27(18-43-33)17-42-28-13-30(49)14-28/h4-12,15,18,28-30,35,42,49H,13-14,17,19-21H2,1-3H3,(H,44,48)(H,46,50). The average molecular weight is 722 g/mol. The van der Waals surface area contributed by atoms with Gasteiger partial charge in [0.15, 0.2) is 5.58 Å². The van der Waals surface area contributed by atoms with E-state index < -0.39 is 16.8 Å².